The van der Waals surface area contributed by atoms with Crippen LogP contribution in [0.2, 0.25) is 0 Å². The topological polar surface area (TPSA) is 131 Å². The van der Waals surface area contributed by atoms with Gasteiger partial charge in [0.1, 0.15) is 18.9 Å². The molecule has 0 saturated carbocycles. The molecule has 0 aliphatic heterocycles. The van der Waals surface area contributed by atoms with E-state index >= 15 is 0 Å². The Balaban J connectivity index is 1.39. The van der Waals surface area contributed by atoms with Gasteiger partial charge in [-0.15, -0.1) is 0 Å². The molecule has 0 spiro atoms. The van der Waals surface area contributed by atoms with E-state index in [1.165, 1.54) is 30.5 Å². The number of amides is 1. The highest BCUT2D eigenvalue weighted by atomic mass is 32.2. The molecule has 1 N–H and O–H groups in total. The number of nitrogens with one attached hydrogen (secondary N) is 1. The summed E-state index contributed by atoms with van der Waals surface area (Å²) in [5, 5.41) is 14.8. The molecule has 41 heavy (non-hydrogen) atoms. The molecule has 10 nitrogen and oxygen atoms in total. The van der Waals surface area contributed by atoms with Crippen molar-refractivity contribution in [2.75, 3.05) is 10.8 Å². The number of ether oxygens (including phenoxy) is 1. The predicted octanol–water partition coefficient (Wildman–Crippen LogP) is 5.14. The van der Waals surface area contributed by atoms with Crippen molar-refractivity contribution >= 4 is 33.5 Å². The van der Waals surface area contributed by atoms with Crippen molar-refractivity contribution in [2.24, 2.45) is 5.10 Å². The van der Waals surface area contributed by atoms with E-state index in [4.69, 9.17) is 4.74 Å². The zero-order chi connectivity index (χ0) is 29.4. The van der Waals surface area contributed by atoms with Crippen LogP contribution >= 0.6 is 0 Å². The highest BCUT2D eigenvalue weighted by Gasteiger charge is 2.27. The van der Waals surface area contributed by atoms with Crippen LogP contribution in [-0.2, 0) is 21.4 Å². The first-order valence-corrected chi connectivity index (χ1v) is 14.0. The van der Waals surface area contributed by atoms with E-state index < -0.39 is 27.4 Å². The van der Waals surface area contributed by atoms with E-state index in [-0.39, 0.29) is 17.2 Å². The Morgan fingerprint density at radius 2 is 1.59 bits per heavy atom. The summed E-state index contributed by atoms with van der Waals surface area (Å²) in [5.41, 5.74) is 6.00. The lowest BCUT2D eigenvalue weighted by Gasteiger charge is -2.24. The summed E-state index contributed by atoms with van der Waals surface area (Å²) in [7, 11) is -4.02. The van der Waals surface area contributed by atoms with Crippen molar-refractivity contribution < 1.29 is 22.9 Å². The molecular weight excluding hydrogens is 544 g/mol. The van der Waals surface area contributed by atoms with Gasteiger partial charge in [-0.2, -0.15) is 5.10 Å². The third kappa shape index (κ3) is 7.76. The second-order valence-electron chi connectivity index (χ2n) is 9.25. The Hall–Kier alpha value is -5.03. The van der Waals surface area contributed by atoms with Gasteiger partial charge in [0, 0.05) is 12.1 Å². The minimum absolute atomic E-state index is 0.0141. The first-order chi connectivity index (χ1) is 19.6. The average Bonchev–Trinajstić information content (AvgIpc) is 2.95. The molecule has 0 saturated heterocycles. The maximum atomic E-state index is 13.5. The summed E-state index contributed by atoms with van der Waals surface area (Å²) in [4.78, 5) is 23.2. The molecule has 4 aromatic carbocycles. The first kappa shape index (κ1) is 29.0. The molecule has 0 bridgehead atoms. The van der Waals surface area contributed by atoms with Crippen LogP contribution in [0.15, 0.2) is 107 Å². The van der Waals surface area contributed by atoms with Crippen LogP contribution in [0.25, 0.3) is 0 Å². The quantitative estimate of drug-likeness (QED) is 0.150. The molecule has 0 unspecified atom stereocenters. The normalized spacial score (nSPS) is 11.3. The fourth-order valence-electron chi connectivity index (χ4n) is 4.00. The number of hydrazone groups is 1. The molecule has 0 atom stereocenters. The van der Waals surface area contributed by atoms with Crippen LogP contribution in [0.3, 0.4) is 0 Å². The van der Waals surface area contributed by atoms with Gasteiger partial charge in [0.2, 0.25) is 0 Å². The van der Waals surface area contributed by atoms with Gasteiger partial charge in [-0.05, 0) is 96.8 Å². The Morgan fingerprint density at radius 3 is 2.20 bits per heavy atom. The van der Waals surface area contributed by atoms with Gasteiger partial charge < -0.3 is 4.74 Å². The van der Waals surface area contributed by atoms with Crippen molar-refractivity contribution in [2.45, 2.75) is 25.3 Å². The summed E-state index contributed by atoms with van der Waals surface area (Å²) < 4.78 is 33.7. The number of carbonyl (C=O) groups excluding carboxylic acids is 1. The Morgan fingerprint density at radius 1 is 0.951 bits per heavy atom. The van der Waals surface area contributed by atoms with E-state index in [9.17, 15) is 23.3 Å². The van der Waals surface area contributed by atoms with Crippen molar-refractivity contribution in [1.29, 1.82) is 0 Å². The number of benzene rings is 4. The fraction of sp³-hybridized carbons (Fsp3) is 0.133. The SMILES string of the molecule is Cc1cc(C)cc(N(CC(=O)N/N=C\c2ccc(OCc3ccc([N+](=O)[O-])cc3)cc2)S(=O)(=O)c2ccccc2)c1. The molecule has 0 aliphatic carbocycles. The fourth-order valence-corrected chi connectivity index (χ4v) is 5.43. The van der Waals surface area contributed by atoms with Crippen molar-refractivity contribution in [1.82, 2.24) is 5.43 Å². The molecule has 4 rings (SSSR count). The summed E-state index contributed by atoms with van der Waals surface area (Å²) >= 11 is 0. The lowest BCUT2D eigenvalue weighted by molar-refractivity contribution is -0.384. The smallest absolute Gasteiger partial charge is 0.269 e. The molecule has 0 radical (unpaired) electrons. The average molecular weight is 573 g/mol. The Kier molecular flexibility index (Phi) is 9.10. The number of aryl methyl sites for hydroxylation is 2. The van der Waals surface area contributed by atoms with Gasteiger partial charge in [0.05, 0.1) is 21.7 Å². The molecule has 0 fully saturated rings. The van der Waals surface area contributed by atoms with Crippen molar-refractivity contribution in [3.05, 3.63) is 129 Å². The number of anilines is 1. The molecular formula is C30H28N4O6S. The lowest BCUT2D eigenvalue weighted by Crippen LogP contribution is -2.39. The van der Waals surface area contributed by atoms with Gasteiger partial charge in [-0.3, -0.25) is 19.2 Å². The predicted molar refractivity (Wildman–Crippen MR) is 156 cm³/mol. The standard InChI is InChI=1S/C30H28N4O6S/c1-22-16-23(2)18-27(17-22)33(41(38,39)29-6-4-3-5-7-29)20-30(35)32-31-19-24-10-14-28(15-11-24)40-21-25-8-12-26(13-9-25)34(36)37/h3-19H,20-21H2,1-2H3,(H,32,35)/b31-19-. The molecule has 4 aromatic rings. The first-order valence-electron chi connectivity index (χ1n) is 12.6. The summed E-state index contributed by atoms with van der Waals surface area (Å²) in [5.74, 6) is -0.0253. The zero-order valence-electron chi connectivity index (χ0n) is 22.4. The molecule has 0 heterocycles. The molecule has 0 aliphatic rings. The maximum absolute atomic E-state index is 13.5. The van der Waals surface area contributed by atoms with Gasteiger partial charge >= 0.3 is 0 Å². The maximum Gasteiger partial charge on any atom is 0.269 e. The summed E-state index contributed by atoms with van der Waals surface area (Å²) in [6.07, 6.45) is 1.44. The minimum Gasteiger partial charge on any atom is -0.489 e. The van der Waals surface area contributed by atoms with E-state index in [0.29, 0.717) is 17.0 Å². The van der Waals surface area contributed by atoms with Crippen LogP contribution < -0.4 is 14.5 Å². The van der Waals surface area contributed by atoms with Crippen LogP contribution in [0.4, 0.5) is 11.4 Å². The lowest BCUT2D eigenvalue weighted by atomic mass is 10.1. The number of non-ortho nitro benzene ring substituents is 1. The van der Waals surface area contributed by atoms with Gasteiger partial charge in [0.15, 0.2) is 0 Å². The number of hydrogen-bond donors (Lipinski definition) is 1. The number of rotatable bonds is 11. The zero-order valence-corrected chi connectivity index (χ0v) is 23.2. The van der Waals surface area contributed by atoms with Gasteiger partial charge in [-0.25, -0.2) is 13.8 Å². The number of nitro benzene ring substituents is 1. The van der Waals surface area contributed by atoms with Crippen LogP contribution in [0.1, 0.15) is 22.3 Å². The number of hydrogen-bond acceptors (Lipinski definition) is 7. The Labute approximate surface area is 238 Å². The third-order valence-electron chi connectivity index (χ3n) is 5.95. The van der Waals surface area contributed by atoms with Crippen LogP contribution in [0, 0.1) is 24.0 Å². The van der Waals surface area contributed by atoms with E-state index in [1.54, 1.807) is 66.7 Å². The largest absolute Gasteiger partial charge is 0.489 e. The van der Waals surface area contributed by atoms with Crippen LogP contribution in [-0.4, -0.2) is 32.0 Å². The van der Waals surface area contributed by atoms with Crippen molar-refractivity contribution in [3.8, 4) is 5.75 Å². The number of sulfonamides is 1. The number of nitrogens with zero attached hydrogens (tertiary/aromatic N) is 3. The minimum atomic E-state index is -4.02. The summed E-state index contributed by atoms with van der Waals surface area (Å²) in [6, 6.07) is 26.3. The molecule has 11 heteroatoms. The Bertz CT molecular complexity index is 1640. The number of nitro groups is 1. The monoisotopic (exact) mass is 572 g/mol. The highest BCUT2D eigenvalue weighted by Crippen LogP contribution is 2.26. The second-order valence-corrected chi connectivity index (χ2v) is 11.1. The van der Waals surface area contributed by atoms with Crippen molar-refractivity contribution in [3.63, 3.8) is 0 Å². The van der Waals surface area contributed by atoms with E-state index in [1.807, 2.05) is 19.9 Å². The van der Waals surface area contributed by atoms with E-state index in [2.05, 4.69) is 10.5 Å². The molecule has 210 valence electrons. The highest BCUT2D eigenvalue weighted by molar-refractivity contribution is 7.92. The van der Waals surface area contributed by atoms with E-state index in [0.717, 1.165) is 21.0 Å². The van der Waals surface area contributed by atoms with Gasteiger partial charge in [-0.1, -0.05) is 24.3 Å². The second kappa shape index (κ2) is 12.9. The number of carbonyl (C=O) groups is 1. The molecule has 1 amide bonds. The molecule has 0 aromatic heterocycles. The van der Waals surface area contributed by atoms with Crippen LogP contribution in [0.5, 0.6) is 5.75 Å². The van der Waals surface area contributed by atoms with Gasteiger partial charge in [0.25, 0.3) is 21.6 Å². The third-order valence-corrected chi connectivity index (χ3v) is 7.74. The summed E-state index contributed by atoms with van der Waals surface area (Å²) in [6.45, 7) is 3.50.